The van der Waals surface area contributed by atoms with Gasteiger partial charge >= 0.3 is 5.97 Å². The zero-order valence-electron chi connectivity index (χ0n) is 14.4. The quantitative estimate of drug-likeness (QED) is 0.690. The number of fused-ring (bicyclic) bond motifs is 1. The first kappa shape index (κ1) is 16.5. The van der Waals surface area contributed by atoms with Gasteiger partial charge in [-0.3, -0.25) is 4.98 Å². The van der Waals surface area contributed by atoms with E-state index in [4.69, 9.17) is 4.74 Å². The fourth-order valence-electron chi connectivity index (χ4n) is 3.25. The molecule has 4 heterocycles. The lowest BCUT2D eigenvalue weighted by Crippen LogP contribution is -2.33. The number of pyridine rings is 1. The monoisotopic (exact) mass is 354 g/mol. The number of ether oxygens (including phenoxy) is 1. The molecule has 1 aliphatic rings. The van der Waals surface area contributed by atoms with Crippen molar-refractivity contribution < 1.29 is 19.3 Å². The highest BCUT2D eigenvalue weighted by Crippen LogP contribution is 2.27. The number of carboxylic acids is 1. The SMILES string of the molecule is C[n+]1cc(-c2cc(NC3CCOCC3)c(C(=O)O)cn2)c2ncccn21. The largest absolute Gasteiger partial charge is 0.478 e. The number of rotatable bonds is 4. The molecule has 0 amide bonds. The Morgan fingerprint density at radius 1 is 1.38 bits per heavy atom. The summed E-state index contributed by atoms with van der Waals surface area (Å²) in [5.41, 5.74) is 3.04. The molecule has 0 unspecified atom stereocenters. The predicted molar refractivity (Wildman–Crippen MR) is 94.0 cm³/mol. The number of aryl methyl sites for hydroxylation is 1. The average molecular weight is 354 g/mol. The maximum absolute atomic E-state index is 11.6. The molecule has 4 rings (SSSR count). The van der Waals surface area contributed by atoms with E-state index in [0.717, 1.165) is 24.1 Å². The number of hydrogen-bond donors (Lipinski definition) is 2. The third-order valence-corrected chi connectivity index (χ3v) is 4.62. The van der Waals surface area contributed by atoms with Crippen molar-refractivity contribution in [2.24, 2.45) is 7.05 Å². The molecule has 1 fully saturated rings. The van der Waals surface area contributed by atoms with Crippen LogP contribution in [0.25, 0.3) is 16.9 Å². The van der Waals surface area contributed by atoms with E-state index in [1.165, 1.54) is 6.20 Å². The van der Waals surface area contributed by atoms with Crippen LogP contribution in [0.3, 0.4) is 0 Å². The van der Waals surface area contributed by atoms with Gasteiger partial charge in [0.15, 0.2) is 7.05 Å². The third kappa shape index (κ3) is 2.99. The minimum atomic E-state index is -0.996. The van der Waals surface area contributed by atoms with Gasteiger partial charge in [-0.25, -0.2) is 9.78 Å². The van der Waals surface area contributed by atoms with E-state index in [9.17, 15) is 9.90 Å². The van der Waals surface area contributed by atoms with Crippen LogP contribution in [0.15, 0.2) is 36.9 Å². The van der Waals surface area contributed by atoms with Gasteiger partial charge in [0.2, 0.25) is 11.8 Å². The number of carbonyl (C=O) groups is 1. The van der Waals surface area contributed by atoms with Gasteiger partial charge in [0.1, 0.15) is 11.1 Å². The molecule has 1 saturated heterocycles. The summed E-state index contributed by atoms with van der Waals surface area (Å²) in [6.45, 7) is 1.36. The van der Waals surface area contributed by atoms with E-state index in [2.05, 4.69) is 15.3 Å². The number of carboxylic acid groups (broad SMARTS) is 1. The molecule has 3 aromatic rings. The van der Waals surface area contributed by atoms with Crippen molar-refractivity contribution in [3.63, 3.8) is 0 Å². The second-order valence-electron chi connectivity index (χ2n) is 6.36. The summed E-state index contributed by atoms with van der Waals surface area (Å²) in [6, 6.07) is 3.84. The molecule has 0 saturated carbocycles. The Bertz CT molecular complexity index is 963. The van der Waals surface area contributed by atoms with Crippen LogP contribution in [0, 0.1) is 0 Å². The highest BCUT2D eigenvalue weighted by Gasteiger charge is 2.21. The number of nitrogens with one attached hydrogen (secondary N) is 1. The third-order valence-electron chi connectivity index (χ3n) is 4.62. The number of aromatic nitrogens is 4. The fraction of sp³-hybridized carbons (Fsp3) is 0.333. The normalized spacial score (nSPS) is 15.3. The van der Waals surface area contributed by atoms with Crippen LogP contribution in [0.2, 0.25) is 0 Å². The first-order valence-corrected chi connectivity index (χ1v) is 8.53. The molecule has 0 aromatic carbocycles. The van der Waals surface area contributed by atoms with E-state index in [-0.39, 0.29) is 11.6 Å². The van der Waals surface area contributed by atoms with Crippen molar-refractivity contribution in [2.75, 3.05) is 18.5 Å². The molecule has 2 N–H and O–H groups in total. The van der Waals surface area contributed by atoms with E-state index in [0.29, 0.717) is 24.6 Å². The first-order chi connectivity index (χ1) is 12.6. The van der Waals surface area contributed by atoms with Crippen LogP contribution in [0.5, 0.6) is 0 Å². The van der Waals surface area contributed by atoms with Crippen molar-refractivity contribution in [3.8, 4) is 11.3 Å². The zero-order valence-corrected chi connectivity index (χ0v) is 14.4. The van der Waals surface area contributed by atoms with Gasteiger partial charge in [0, 0.05) is 31.6 Å². The van der Waals surface area contributed by atoms with Crippen LogP contribution in [-0.4, -0.2) is 44.8 Å². The molecule has 8 heteroatoms. The van der Waals surface area contributed by atoms with Crippen LogP contribution >= 0.6 is 0 Å². The molecule has 8 nitrogen and oxygen atoms in total. The standard InChI is InChI=1S/C18H19N5O3/c1-22-11-14(17-19-5-2-6-23(17)22)15-9-16(13(10-20-15)18(24)25)21-12-3-7-26-8-4-12/h2,5-6,9-12H,3-4,7-8H2,1H3,(H-,20,21,24,25)/p+1. The number of aromatic carboxylic acids is 1. The highest BCUT2D eigenvalue weighted by atomic mass is 16.5. The molecular formula is C18H20N5O3+. The van der Waals surface area contributed by atoms with Crippen LogP contribution < -0.4 is 10.00 Å². The summed E-state index contributed by atoms with van der Waals surface area (Å²) >= 11 is 0. The van der Waals surface area contributed by atoms with Gasteiger partial charge in [-0.1, -0.05) is 0 Å². The number of nitrogens with zero attached hydrogens (tertiary/aromatic N) is 4. The summed E-state index contributed by atoms with van der Waals surface area (Å²) in [7, 11) is 1.92. The Kier molecular flexibility index (Phi) is 4.26. The van der Waals surface area contributed by atoms with Gasteiger partial charge in [0.25, 0.3) is 0 Å². The fourth-order valence-corrected chi connectivity index (χ4v) is 3.25. The maximum atomic E-state index is 11.6. The maximum Gasteiger partial charge on any atom is 0.339 e. The van der Waals surface area contributed by atoms with Crippen molar-refractivity contribution in [1.29, 1.82) is 0 Å². The molecule has 0 atom stereocenters. The van der Waals surface area contributed by atoms with Gasteiger partial charge in [-0.15, -0.1) is 9.20 Å². The van der Waals surface area contributed by atoms with Gasteiger partial charge in [-0.2, -0.15) is 0 Å². The Labute approximate surface area is 150 Å². The summed E-state index contributed by atoms with van der Waals surface area (Å²) in [4.78, 5) is 20.4. The van der Waals surface area contributed by atoms with E-state index < -0.39 is 5.97 Å². The van der Waals surface area contributed by atoms with Gasteiger partial charge in [0.05, 0.1) is 17.6 Å². The molecule has 0 spiro atoms. The lowest BCUT2D eigenvalue weighted by atomic mass is 10.1. The average Bonchev–Trinajstić information content (AvgIpc) is 2.99. The highest BCUT2D eigenvalue weighted by molar-refractivity contribution is 5.95. The first-order valence-electron chi connectivity index (χ1n) is 8.53. The molecule has 0 radical (unpaired) electrons. The lowest BCUT2D eigenvalue weighted by Gasteiger charge is -2.25. The zero-order chi connectivity index (χ0) is 18.1. The smallest absolute Gasteiger partial charge is 0.339 e. The molecular weight excluding hydrogens is 334 g/mol. The molecule has 0 bridgehead atoms. The molecule has 26 heavy (non-hydrogen) atoms. The summed E-state index contributed by atoms with van der Waals surface area (Å²) in [5, 5.41) is 12.9. The van der Waals surface area contributed by atoms with Crippen LogP contribution in [-0.2, 0) is 11.8 Å². The Morgan fingerprint density at radius 2 is 2.19 bits per heavy atom. The minimum absolute atomic E-state index is 0.168. The number of anilines is 1. The Hall–Kier alpha value is -3.00. The molecule has 134 valence electrons. The Morgan fingerprint density at radius 3 is 2.96 bits per heavy atom. The van der Waals surface area contributed by atoms with Gasteiger partial charge < -0.3 is 15.2 Å². The predicted octanol–water partition coefficient (Wildman–Crippen LogP) is 1.51. The summed E-state index contributed by atoms with van der Waals surface area (Å²) in [6.07, 6.45) is 8.68. The van der Waals surface area contributed by atoms with Crippen LogP contribution in [0.1, 0.15) is 23.2 Å². The van der Waals surface area contributed by atoms with E-state index in [1.807, 2.05) is 34.7 Å². The summed E-state index contributed by atoms with van der Waals surface area (Å²) < 4.78 is 9.20. The molecule has 3 aromatic heterocycles. The topological polar surface area (TPSA) is 92.6 Å². The summed E-state index contributed by atoms with van der Waals surface area (Å²) in [5.74, 6) is -0.996. The van der Waals surface area contributed by atoms with Crippen molar-refractivity contribution >= 4 is 17.3 Å². The lowest BCUT2D eigenvalue weighted by molar-refractivity contribution is -0.737. The van der Waals surface area contributed by atoms with E-state index in [1.54, 1.807) is 12.3 Å². The minimum Gasteiger partial charge on any atom is -0.478 e. The van der Waals surface area contributed by atoms with E-state index >= 15 is 0 Å². The van der Waals surface area contributed by atoms with Gasteiger partial charge in [-0.05, 0) is 25.0 Å². The van der Waals surface area contributed by atoms with Crippen molar-refractivity contribution in [3.05, 3.63) is 42.5 Å². The molecule has 1 aliphatic heterocycles. The van der Waals surface area contributed by atoms with Crippen molar-refractivity contribution in [1.82, 2.24) is 14.5 Å². The second-order valence-corrected chi connectivity index (χ2v) is 6.36. The van der Waals surface area contributed by atoms with Crippen LogP contribution in [0.4, 0.5) is 5.69 Å². The van der Waals surface area contributed by atoms with Crippen molar-refractivity contribution in [2.45, 2.75) is 18.9 Å². The Balaban J connectivity index is 1.77. The molecule has 0 aliphatic carbocycles. The second kappa shape index (κ2) is 6.72. The number of hydrogen-bond acceptors (Lipinski definition) is 5.